The van der Waals surface area contributed by atoms with Crippen molar-refractivity contribution < 1.29 is 4.39 Å². The second-order valence-electron chi connectivity index (χ2n) is 3.56. The summed E-state index contributed by atoms with van der Waals surface area (Å²) >= 11 is 0. The first-order chi connectivity index (χ1) is 7.74. The lowest BCUT2D eigenvalue weighted by molar-refractivity contribution is 0.623. The van der Waals surface area contributed by atoms with E-state index in [1.165, 1.54) is 6.20 Å². The Hall–Kier alpha value is -1.90. The quantitative estimate of drug-likeness (QED) is 0.838. The van der Waals surface area contributed by atoms with Crippen LogP contribution in [0.25, 0.3) is 11.1 Å². The molecule has 0 amide bonds. The minimum Gasteiger partial charge on any atom is -0.383 e. The lowest BCUT2D eigenvalue weighted by Crippen LogP contribution is -2.01. The van der Waals surface area contributed by atoms with Gasteiger partial charge in [0, 0.05) is 11.1 Å². The van der Waals surface area contributed by atoms with Gasteiger partial charge in [-0.1, -0.05) is 37.3 Å². The number of rotatable bonds is 2. The molecule has 0 aliphatic rings. The van der Waals surface area contributed by atoms with Crippen molar-refractivity contribution in [3.05, 3.63) is 47.9 Å². The molecule has 2 nitrogen and oxygen atoms in total. The molecule has 16 heavy (non-hydrogen) atoms. The number of hydrogen-bond acceptors (Lipinski definition) is 2. The van der Waals surface area contributed by atoms with E-state index in [4.69, 9.17) is 5.73 Å². The molecule has 1 heterocycles. The summed E-state index contributed by atoms with van der Waals surface area (Å²) in [5.41, 5.74) is 7.93. The Morgan fingerprint density at radius 3 is 2.56 bits per heavy atom. The third kappa shape index (κ3) is 1.76. The van der Waals surface area contributed by atoms with Crippen LogP contribution in [-0.2, 0) is 6.42 Å². The van der Waals surface area contributed by atoms with E-state index in [1.54, 1.807) is 0 Å². The van der Waals surface area contributed by atoms with Gasteiger partial charge in [-0.05, 0) is 12.0 Å². The van der Waals surface area contributed by atoms with Crippen LogP contribution in [0.1, 0.15) is 12.5 Å². The van der Waals surface area contributed by atoms with E-state index in [0.29, 0.717) is 17.8 Å². The van der Waals surface area contributed by atoms with Gasteiger partial charge in [0.15, 0.2) is 0 Å². The molecule has 0 saturated carbocycles. The van der Waals surface area contributed by atoms with Crippen LogP contribution in [0.3, 0.4) is 0 Å². The Bertz CT molecular complexity index is 495. The van der Waals surface area contributed by atoms with Crippen molar-refractivity contribution in [1.29, 1.82) is 0 Å². The van der Waals surface area contributed by atoms with Gasteiger partial charge >= 0.3 is 0 Å². The molecule has 0 aliphatic heterocycles. The zero-order valence-electron chi connectivity index (χ0n) is 9.07. The monoisotopic (exact) mass is 216 g/mol. The minimum absolute atomic E-state index is 0.322. The minimum atomic E-state index is -0.322. The van der Waals surface area contributed by atoms with E-state index in [2.05, 4.69) is 4.98 Å². The predicted molar refractivity (Wildman–Crippen MR) is 63.4 cm³/mol. The number of aromatic nitrogens is 1. The van der Waals surface area contributed by atoms with Gasteiger partial charge in [-0.3, -0.25) is 0 Å². The molecule has 2 rings (SSSR count). The topological polar surface area (TPSA) is 38.9 Å². The molecule has 0 aliphatic carbocycles. The Morgan fingerprint density at radius 2 is 1.94 bits per heavy atom. The summed E-state index contributed by atoms with van der Waals surface area (Å²) in [7, 11) is 0. The fraction of sp³-hybridized carbons (Fsp3) is 0.154. The molecule has 0 fully saturated rings. The van der Waals surface area contributed by atoms with E-state index >= 15 is 0 Å². The van der Waals surface area contributed by atoms with Crippen LogP contribution in [0, 0.1) is 5.82 Å². The SMILES string of the molecule is CCc1c(N)ncc(F)c1-c1ccccc1. The summed E-state index contributed by atoms with van der Waals surface area (Å²) in [5.74, 6) is 0.0833. The van der Waals surface area contributed by atoms with Crippen LogP contribution in [0.4, 0.5) is 10.2 Å². The van der Waals surface area contributed by atoms with Crippen LogP contribution >= 0.6 is 0 Å². The summed E-state index contributed by atoms with van der Waals surface area (Å²) < 4.78 is 13.8. The molecule has 0 atom stereocenters. The second kappa shape index (κ2) is 4.31. The molecule has 82 valence electrons. The maximum atomic E-state index is 13.8. The molecular formula is C13H13FN2. The first-order valence-corrected chi connectivity index (χ1v) is 5.22. The van der Waals surface area contributed by atoms with Crippen molar-refractivity contribution in [2.45, 2.75) is 13.3 Å². The van der Waals surface area contributed by atoms with Crippen molar-refractivity contribution in [3.8, 4) is 11.1 Å². The number of nitrogens with zero attached hydrogens (tertiary/aromatic N) is 1. The lowest BCUT2D eigenvalue weighted by atomic mass is 9.99. The molecule has 2 aromatic rings. The van der Waals surface area contributed by atoms with Gasteiger partial charge in [0.25, 0.3) is 0 Å². The van der Waals surface area contributed by atoms with Crippen molar-refractivity contribution in [3.63, 3.8) is 0 Å². The Kier molecular flexibility index (Phi) is 2.86. The van der Waals surface area contributed by atoms with Crippen LogP contribution in [-0.4, -0.2) is 4.98 Å². The molecule has 1 aromatic heterocycles. The fourth-order valence-corrected chi connectivity index (χ4v) is 1.82. The van der Waals surface area contributed by atoms with Crippen LogP contribution in [0.15, 0.2) is 36.5 Å². The van der Waals surface area contributed by atoms with Crippen molar-refractivity contribution >= 4 is 5.82 Å². The molecule has 0 unspecified atom stereocenters. The van der Waals surface area contributed by atoms with Gasteiger partial charge < -0.3 is 5.73 Å². The zero-order chi connectivity index (χ0) is 11.5. The third-order valence-corrected chi connectivity index (χ3v) is 2.58. The first-order valence-electron chi connectivity index (χ1n) is 5.22. The number of pyridine rings is 1. The molecular weight excluding hydrogens is 203 g/mol. The number of halogens is 1. The summed E-state index contributed by atoms with van der Waals surface area (Å²) in [5, 5.41) is 0. The largest absolute Gasteiger partial charge is 0.383 e. The molecule has 1 aromatic carbocycles. The maximum absolute atomic E-state index is 13.8. The number of nitrogen functional groups attached to an aromatic ring is 1. The van der Waals surface area contributed by atoms with Gasteiger partial charge in [0.2, 0.25) is 0 Å². The van der Waals surface area contributed by atoms with Crippen molar-refractivity contribution in [2.75, 3.05) is 5.73 Å². The highest BCUT2D eigenvalue weighted by Crippen LogP contribution is 2.29. The van der Waals surface area contributed by atoms with Crippen LogP contribution in [0.2, 0.25) is 0 Å². The van der Waals surface area contributed by atoms with E-state index in [1.807, 2.05) is 37.3 Å². The van der Waals surface area contributed by atoms with Gasteiger partial charge in [0.05, 0.1) is 6.20 Å². The summed E-state index contributed by atoms with van der Waals surface area (Å²) in [4.78, 5) is 3.84. The third-order valence-electron chi connectivity index (χ3n) is 2.58. The predicted octanol–water partition coefficient (Wildman–Crippen LogP) is 3.03. The van der Waals surface area contributed by atoms with Crippen molar-refractivity contribution in [2.24, 2.45) is 0 Å². The number of hydrogen-bond donors (Lipinski definition) is 1. The van der Waals surface area contributed by atoms with Gasteiger partial charge in [-0.15, -0.1) is 0 Å². The molecule has 0 radical (unpaired) electrons. The Morgan fingerprint density at radius 1 is 1.25 bits per heavy atom. The maximum Gasteiger partial charge on any atom is 0.149 e. The highest BCUT2D eigenvalue weighted by molar-refractivity contribution is 5.71. The van der Waals surface area contributed by atoms with Crippen LogP contribution < -0.4 is 5.73 Å². The molecule has 3 heteroatoms. The Balaban J connectivity index is 2.68. The van der Waals surface area contributed by atoms with Crippen molar-refractivity contribution in [1.82, 2.24) is 4.98 Å². The average Bonchev–Trinajstić information content (AvgIpc) is 2.33. The molecule has 2 N–H and O–H groups in total. The number of anilines is 1. The van der Waals surface area contributed by atoms with Gasteiger partial charge in [0.1, 0.15) is 11.6 Å². The normalized spacial score (nSPS) is 10.4. The highest BCUT2D eigenvalue weighted by Gasteiger charge is 2.13. The number of nitrogens with two attached hydrogens (primary N) is 1. The van der Waals surface area contributed by atoms with Gasteiger partial charge in [-0.25, -0.2) is 9.37 Å². The first kappa shape index (κ1) is 10.6. The molecule has 0 spiro atoms. The summed E-state index contributed by atoms with van der Waals surface area (Å²) in [6.07, 6.45) is 1.84. The zero-order valence-corrected chi connectivity index (χ0v) is 9.07. The molecule has 0 bridgehead atoms. The smallest absolute Gasteiger partial charge is 0.149 e. The van der Waals surface area contributed by atoms with Gasteiger partial charge in [-0.2, -0.15) is 0 Å². The fourth-order valence-electron chi connectivity index (χ4n) is 1.82. The standard InChI is InChI=1S/C13H13FN2/c1-2-10-12(9-6-4-3-5-7-9)11(14)8-16-13(10)15/h3-8H,2H2,1H3,(H2,15,16). The lowest BCUT2D eigenvalue weighted by Gasteiger charge is -2.11. The van der Waals surface area contributed by atoms with E-state index in [9.17, 15) is 4.39 Å². The van der Waals surface area contributed by atoms with E-state index in [0.717, 1.165) is 11.1 Å². The summed E-state index contributed by atoms with van der Waals surface area (Å²) in [6, 6.07) is 9.40. The van der Waals surface area contributed by atoms with E-state index in [-0.39, 0.29) is 5.82 Å². The van der Waals surface area contributed by atoms with Crippen LogP contribution in [0.5, 0.6) is 0 Å². The van der Waals surface area contributed by atoms with E-state index < -0.39 is 0 Å². The molecule has 0 saturated heterocycles. The number of benzene rings is 1. The average molecular weight is 216 g/mol. The summed E-state index contributed by atoms with van der Waals surface area (Å²) in [6.45, 7) is 1.94. The Labute approximate surface area is 93.9 Å². The highest BCUT2D eigenvalue weighted by atomic mass is 19.1. The second-order valence-corrected chi connectivity index (χ2v) is 3.56.